The standard InChI is InChI=1S/C8H11NS.NO3/c1-8-4-2-3-5-9(8)6-7-10;2-1(3)4/h2-5H,6-7H2,1H3;/q;-1/p+1. The lowest BCUT2D eigenvalue weighted by Gasteiger charge is -1.95. The predicted octanol–water partition coefficient (Wildman–Crippen LogP) is 0.973. The summed E-state index contributed by atoms with van der Waals surface area (Å²) in [5.74, 6) is 0.898. The number of rotatable bonds is 2. The van der Waals surface area contributed by atoms with Gasteiger partial charge in [0.1, 0.15) is 0 Å². The van der Waals surface area contributed by atoms with Crippen molar-refractivity contribution in [2.45, 2.75) is 13.5 Å². The van der Waals surface area contributed by atoms with Gasteiger partial charge in [-0.3, -0.25) is 0 Å². The monoisotopic (exact) mass is 216 g/mol. The normalized spacial score (nSPS) is 8.71. The summed E-state index contributed by atoms with van der Waals surface area (Å²) in [6.45, 7) is 3.10. The van der Waals surface area contributed by atoms with Crippen molar-refractivity contribution in [1.29, 1.82) is 0 Å². The molecule has 0 atom stereocenters. The third-order valence-corrected chi connectivity index (χ3v) is 1.71. The van der Waals surface area contributed by atoms with E-state index in [4.69, 9.17) is 15.3 Å². The molecule has 78 valence electrons. The van der Waals surface area contributed by atoms with Crippen molar-refractivity contribution in [3.05, 3.63) is 45.4 Å². The van der Waals surface area contributed by atoms with E-state index in [1.54, 1.807) is 0 Å². The summed E-state index contributed by atoms with van der Waals surface area (Å²) in [4.78, 5) is 8.25. The molecule has 0 fully saturated rings. The number of thiol groups is 1. The van der Waals surface area contributed by atoms with Crippen LogP contribution in [-0.2, 0) is 6.54 Å². The second-order valence-corrected chi connectivity index (χ2v) is 2.93. The van der Waals surface area contributed by atoms with E-state index >= 15 is 0 Å². The molecule has 0 radical (unpaired) electrons. The van der Waals surface area contributed by atoms with E-state index in [9.17, 15) is 0 Å². The Morgan fingerprint density at radius 1 is 1.50 bits per heavy atom. The Kier molecular flexibility index (Phi) is 6.47. The van der Waals surface area contributed by atoms with Crippen LogP contribution in [0.2, 0.25) is 0 Å². The van der Waals surface area contributed by atoms with Crippen LogP contribution in [0.1, 0.15) is 5.69 Å². The van der Waals surface area contributed by atoms with Gasteiger partial charge < -0.3 is 15.3 Å². The highest BCUT2D eigenvalue weighted by Gasteiger charge is 1.99. The molecule has 0 aliphatic rings. The molecule has 1 aromatic heterocycles. The zero-order valence-corrected chi connectivity index (χ0v) is 8.68. The molecule has 0 unspecified atom stereocenters. The van der Waals surface area contributed by atoms with Crippen molar-refractivity contribution < 1.29 is 9.65 Å². The van der Waals surface area contributed by atoms with Crippen LogP contribution in [-0.4, -0.2) is 10.8 Å². The Morgan fingerprint density at radius 2 is 2.07 bits per heavy atom. The van der Waals surface area contributed by atoms with Crippen LogP contribution in [0.25, 0.3) is 0 Å². The van der Waals surface area contributed by atoms with Gasteiger partial charge in [0.25, 0.3) is 0 Å². The first kappa shape index (κ1) is 12.7. The lowest BCUT2D eigenvalue weighted by atomic mass is 10.3. The van der Waals surface area contributed by atoms with Crippen LogP contribution >= 0.6 is 12.6 Å². The molecule has 14 heavy (non-hydrogen) atoms. The number of hydrogen-bond acceptors (Lipinski definition) is 4. The topological polar surface area (TPSA) is 70.1 Å². The average molecular weight is 216 g/mol. The van der Waals surface area contributed by atoms with Crippen molar-refractivity contribution in [3.63, 3.8) is 0 Å². The third kappa shape index (κ3) is 6.24. The van der Waals surface area contributed by atoms with Gasteiger partial charge >= 0.3 is 0 Å². The van der Waals surface area contributed by atoms with Gasteiger partial charge in [0.05, 0.1) is 5.09 Å². The number of hydrogen-bond donors (Lipinski definition) is 1. The Bertz CT molecular complexity index is 290. The van der Waals surface area contributed by atoms with Crippen molar-refractivity contribution >= 4 is 12.6 Å². The van der Waals surface area contributed by atoms with Gasteiger partial charge in [-0.2, -0.15) is 12.6 Å². The molecule has 0 N–H and O–H groups in total. The maximum absolute atomic E-state index is 8.25. The Morgan fingerprint density at radius 3 is 2.50 bits per heavy atom. The molecule has 1 rings (SSSR count). The van der Waals surface area contributed by atoms with E-state index < -0.39 is 5.09 Å². The summed E-state index contributed by atoms with van der Waals surface area (Å²) in [6, 6.07) is 6.18. The van der Waals surface area contributed by atoms with Gasteiger partial charge in [-0.1, -0.05) is 6.07 Å². The Labute approximate surface area is 87.5 Å². The summed E-state index contributed by atoms with van der Waals surface area (Å²) < 4.78 is 2.19. The second kappa shape index (κ2) is 7.14. The van der Waals surface area contributed by atoms with Gasteiger partial charge in [-0.15, -0.1) is 0 Å². The lowest BCUT2D eigenvalue weighted by Crippen LogP contribution is -2.37. The number of aryl methyl sites for hydroxylation is 2. The molecule has 6 heteroatoms. The third-order valence-electron chi connectivity index (χ3n) is 1.51. The van der Waals surface area contributed by atoms with Crippen LogP contribution in [0, 0.1) is 22.2 Å². The van der Waals surface area contributed by atoms with E-state index in [-0.39, 0.29) is 0 Å². The summed E-state index contributed by atoms with van der Waals surface area (Å²) in [5.41, 5.74) is 1.29. The number of aromatic nitrogens is 1. The van der Waals surface area contributed by atoms with E-state index in [1.165, 1.54) is 5.69 Å². The number of nitrogens with zero attached hydrogens (tertiary/aromatic N) is 2. The quantitative estimate of drug-likeness (QED) is 0.346. The smallest absolute Gasteiger partial charge is 0.178 e. The minimum absolute atomic E-state index is 0.898. The van der Waals surface area contributed by atoms with Crippen molar-refractivity contribution in [2.75, 3.05) is 5.75 Å². The molecule has 0 aliphatic heterocycles. The van der Waals surface area contributed by atoms with Crippen molar-refractivity contribution in [2.24, 2.45) is 0 Å². The molecule has 1 aromatic rings. The highest BCUT2D eigenvalue weighted by atomic mass is 32.1. The zero-order valence-electron chi connectivity index (χ0n) is 7.79. The molecule has 0 saturated carbocycles. The summed E-state index contributed by atoms with van der Waals surface area (Å²) >= 11 is 4.16. The molecular weight excluding hydrogens is 204 g/mol. The van der Waals surface area contributed by atoms with Crippen LogP contribution in [0.5, 0.6) is 0 Å². The van der Waals surface area contributed by atoms with Crippen LogP contribution in [0.15, 0.2) is 24.4 Å². The van der Waals surface area contributed by atoms with Crippen molar-refractivity contribution in [3.8, 4) is 0 Å². The maximum Gasteiger partial charge on any atom is 0.178 e. The second-order valence-electron chi connectivity index (χ2n) is 2.48. The molecular formula is C8H12N2O3S. The van der Waals surface area contributed by atoms with Gasteiger partial charge in [-0.05, 0) is 0 Å². The molecule has 0 bridgehead atoms. The highest BCUT2D eigenvalue weighted by Crippen LogP contribution is 1.87. The molecule has 0 aliphatic carbocycles. The largest absolute Gasteiger partial charge is 0.356 e. The predicted molar refractivity (Wildman–Crippen MR) is 55.6 cm³/mol. The van der Waals surface area contributed by atoms with Gasteiger partial charge in [-0.25, -0.2) is 4.57 Å². The van der Waals surface area contributed by atoms with Crippen LogP contribution in [0.3, 0.4) is 0 Å². The van der Waals surface area contributed by atoms with Crippen LogP contribution < -0.4 is 4.57 Å². The Hall–Kier alpha value is -1.30. The molecule has 0 amide bonds. The fourth-order valence-corrected chi connectivity index (χ4v) is 1.14. The molecule has 0 aromatic carbocycles. The summed E-state index contributed by atoms with van der Waals surface area (Å²) in [7, 11) is 0. The van der Waals surface area contributed by atoms with E-state index in [2.05, 4.69) is 36.4 Å². The first-order valence-electron chi connectivity index (χ1n) is 3.95. The minimum atomic E-state index is -1.75. The Balaban J connectivity index is 0.000000364. The number of pyridine rings is 1. The van der Waals surface area contributed by atoms with Gasteiger partial charge in [0.15, 0.2) is 18.4 Å². The molecule has 0 spiro atoms. The zero-order chi connectivity index (χ0) is 11.0. The fraction of sp³-hybridized carbons (Fsp3) is 0.375. The summed E-state index contributed by atoms with van der Waals surface area (Å²) in [5, 5.41) is 14.8. The summed E-state index contributed by atoms with van der Waals surface area (Å²) in [6.07, 6.45) is 2.07. The van der Waals surface area contributed by atoms with Gasteiger partial charge in [0.2, 0.25) is 0 Å². The van der Waals surface area contributed by atoms with Gasteiger partial charge in [0, 0.05) is 24.8 Å². The average Bonchev–Trinajstić information content (AvgIpc) is 2.08. The molecule has 1 heterocycles. The maximum atomic E-state index is 8.25. The fourth-order valence-electron chi connectivity index (χ4n) is 0.920. The first-order chi connectivity index (χ1) is 6.57. The molecule has 0 saturated heterocycles. The van der Waals surface area contributed by atoms with E-state index in [0.29, 0.717) is 0 Å². The lowest BCUT2D eigenvalue weighted by molar-refractivity contribution is -0.698. The van der Waals surface area contributed by atoms with E-state index in [0.717, 1.165) is 12.3 Å². The minimum Gasteiger partial charge on any atom is -0.356 e. The first-order valence-corrected chi connectivity index (χ1v) is 4.58. The molecule has 5 nitrogen and oxygen atoms in total. The SMILES string of the molecule is Cc1cccc[n+]1CCS.O=[N+]([O-])[O-]. The van der Waals surface area contributed by atoms with Crippen LogP contribution in [0.4, 0.5) is 0 Å². The van der Waals surface area contributed by atoms with Crippen molar-refractivity contribution in [1.82, 2.24) is 0 Å². The van der Waals surface area contributed by atoms with E-state index in [1.807, 2.05) is 12.1 Å². The highest BCUT2D eigenvalue weighted by molar-refractivity contribution is 7.80.